The second-order valence-corrected chi connectivity index (χ2v) is 1.36. The van der Waals surface area contributed by atoms with Crippen LogP contribution in [0.25, 0.3) is 0 Å². The monoisotopic (exact) mass is 105 g/mol. The molecule has 0 saturated carbocycles. The van der Waals surface area contributed by atoms with Gasteiger partial charge in [-0.05, 0) is 6.07 Å². The van der Waals surface area contributed by atoms with Crippen LogP contribution in [0.1, 0.15) is 0 Å². The predicted octanol–water partition coefficient (Wildman–Crippen LogP) is 2.15. The maximum Gasteiger partial charge on any atom is 0.0929 e. The Balaban J connectivity index is 2.99. The zero-order valence-electron chi connectivity index (χ0n) is 4.26. The highest BCUT2D eigenvalue weighted by atomic mass is 14.9. The van der Waals surface area contributed by atoms with Crippen LogP contribution >= 0.6 is 0 Å². The second-order valence-electron chi connectivity index (χ2n) is 1.36. The van der Waals surface area contributed by atoms with Gasteiger partial charge < -0.3 is 0 Å². The summed E-state index contributed by atoms with van der Waals surface area (Å²) in [5.74, 6) is 0. The third-order valence-corrected chi connectivity index (χ3v) is 0.813. The zero-order valence-corrected chi connectivity index (χ0v) is 4.26. The van der Waals surface area contributed by atoms with Gasteiger partial charge in [-0.3, -0.25) is 0 Å². The van der Waals surface area contributed by atoms with E-state index in [1.165, 1.54) is 0 Å². The lowest BCUT2D eigenvalue weighted by atomic mass is 10.3. The summed E-state index contributed by atoms with van der Waals surface area (Å²) in [5.41, 5.74) is 7.11. The van der Waals surface area contributed by atoms with Crippen LogP contribution in [0.3, 0.4) is 0 Å². The van der Waals surface area contributed by atoms with E-state index in [4.69, 9.17) is 5.53 Å². The Hall–Kier alpha value is -1.18. The molecule has 0 amide bonds. The minimum absolute atomic E-state index is 0.576. The molecule has 0 bridgehead atoms. The molecule has 0 spiro atoms. The van der Waals surface area contributed by atoms with Gasteiger partial charge in [0.1, 0.15) is 0 Å². The highest BCUT2D eigenvalue weighted by molar-refractivity contribution is 5.32. The molecule has 8 heavy (non-hydrogen) atoms. The summed E-state index contributed by atoms with van der Waals surface area (Å²) in [6.45, 7) is 0. The zero-order chi connectivity index (χ0) is 5.82. The minimum Gasteiger partial charge on any atom is -0.204 e. The van der Waals surface area contributed by atoms with E-state index in [-0.39, 0.29) is 0 Å². The molecule has 1 aromatic carbocycles. The fourth-order valence-corrected chi connectivity index (χ4v) is 0.453. The van der Waals surface area contributed by atoms with E-state index in [1.54, 1.807) is 12.1 Å². The Morgan fingerprint density at radius 2 is 2.38 bits per heavy atom. The van der Waals surface area contributed by atoms with Gasteiger partial charge in [0.25, 0.3) is 0 Å². The topological polar surface area (TPSA) is 36.2 Å². The number of rotatable bonds is 1. The van der Waals surface area contributed by atoms with Gasteiger partial charge in [0.05, 0.1) is 5.69 Å². The molecule has 0 aliphatic heterocycles. The molecule has 0 unspecified atom stereocenters. The molecule has 0 fully saturated rings. The minimum atomic E-state index is 0.576. The Morgan fingerprint density at radius 3 is 2.75 bits per heavy atom. The van der Waals surface area contributed by atoms with Gasteiger partial charge in [-0.25, -0.2) is 5.53 Å². The number of hydrogen-bond donors (Lipinski definition) is 1. The standard InChI is InChI=1S/C6H5N2/c7-8-6-4-2-1-3-5-6/h1-4,7H. The van der Waals surface area contributed by atoms with Crippen molar-refractivity contribution < 1.29 is 0 Å². The van der Waals surface area contributed by atoms with Crippen molar-refractivity contribution in [3.05, 3.63) is 30.3 Å². The second kappa shape index (κ2) is 2.21. The molecule has 1 aromatic rings. The van der Waals surface area contributed by atoms with Crippen molar-refractivity contribution in [1.82, 2.24) is 0 Å². The fourth-order valence-electron chi connectivity index (χ4n) is 0.453. The van der Waals surface area contributed by atoms with Crippen molar-refractivity contribution in [2.24, 2.45) is 5.11 Å². The van der Waals surface area contributed by atoms with Crippen molar-refractivity contribution in [3.63, 3.8) is 0 Å². The van der Waals surface area contributed by atoms with Crippen LogP contribution in [0.5, 0.6) is 0 Å². The molecule has 1 rings (SSSR count). The molecular formula is C6H5N2. The maximum atomic E-state index is 6.54. The van der Waals surface area contributed by atoms with E-state index in [0.717, 1.165) is 0 Å². The molecule has 0 heterocycles. The number of para-hydroxylation sites is 1. The molecular weight excluding hydrogens is 100 g/mol. The van der Waals surface area contributed by atoms with Crippen LogP contribution in [0, 0.1) is 11.6 Å². The van der Waals surface area contributed by atoms with Crippen molar-refractivity contribution in [1.29, 1.82) is 5.53 Å². The van der Waals surface area contributed by atoms with E-state index in [2.05, 4.69) is 11.2 Å². The molecule has 0 aliphatic rings. The van der Waals surface area contributed by atoms with Crippen LogP contribution in [0.2, 0.25) is 0 Å². The van der Waals surface area contributed by atoms with Crippen LogP contribution in [0.4, 0.5) is 5.69 Å². The van der Waals surface area contributed by atoms with Crippen LogP contribution < -0.4 is 0 Å². The smallest absolute Gasteiger partial charge is 0.0929 e. The van der Waals surface area contributed by atoms with E-state index in [1.807, 2.05) is 12.1 Å². The normalized spacial score (nSPS) is 8.50. The summed E-state index contributed by atoms with van der Waals surface area (Å²) in [6.07, 6.45) is 0. The lowest BCUT2D eigenvalue weighted by Crippen LogP contribution is -1.57. The summed E-state index contributed by atoms with van der Waals surface area (Å²) >= 11 is 0. The average Bonchev–Trinajstić information content (AvgIpc) is 1.90. The molecule has 1 N–H and O–H groups in total. The Labute approximate surface area is 47.7 Å². The third-order valence-electron chi connectivity index (χ3n) is 0.813. The van der Waals surface area contributed by atoms with Gasteiger partial charge in [0.2, 0.25) is 0 Å². The number of benzene rings is 1. The van der Waals surface area contributed by atoms with Gasteiger partial charge in [-0.15, -0.1) is 0 Å². The summed E-state index contributed by atoms with van der Waals surface area (Å²) in [7, 11) is 0. The molecule has 0 atom stereocenters. The molecule has 2 heteroatoms. The van der Waals surface area contributed by atoms with E-state index >= 15 is 0 Å². The Morgan fingerprint density at radius 1 is 1.50 bits per heavy atom. The van der Waals surface area contributed by atoms with Crippen LogP contribution in [0.15, 0.2) is 29.4 Å². The van der Waals surface area contributed by atoms with Gasteiger partial charge in [0.15, 0.2) is 0 Å². The molecule has 0 aliphatic carbocycles. The quantitative estimate of drug-likeness (QED) is 0.531. The number of nitrogens with zero attached hydrogens (tertiary/aromatic N) is 1. The van der Waals surface area contributed by atoms with E-state index in [0.29, 0.717) is 5.69 Å². The van der Waals surface area contributed by atoms with Gasteiger partial charge >= 0.3 is 0 Å². The number of hydrogen-bond acceptors (Lipinski definition) is 2. The molecule has 2 nitrogen and oxygen atoms in total. The third kappa shape index (κ3) is 0.904. The number of nitrogens with one attached hydrogen (secondary N) is 1. The Bertz CT molecular complexity index is 169. The summed E-state index contributed by atoms with van der Waals surface area (Å²) in [4.78, 5) is 0. The first-order chi connectivity index (χ1) is 3.93. The molecule has 1 radical (unpaired) electrons. The van der Waals surface area contributed by atoms with Crippen molar-refractivity contribution in [2.45, 2.75) is 0 Å². The van der Waals surface area contributed by atoms with Crippen LogP contribution in [-0.2, 0) is 0 Å². The summed E-state index contributed by atoms with van der Waals surface area (Å²) in [6, 6.07) is 9.89. The van der Waals surface area contributed by atoms with Gasteiger partial charge in [-0.1, -0.05) is 18.2 Å². The highest BCUT2D eigenvalue weighted by Gasteiger charge is 1.79. The fraction of sp³-hybridized carbons (Fsp3) is 0. The van der Waals surface area contributed by atoms with E-state index in [9.17, 15) is 0 Å². The van der Waals surface area contributed by atoms with Crippen LogP contribution in [-0.4, -0.2) is 0 Å². The SMILES string of the molecule is N=Nc1[c]cccc1. The van der Waals surface area contributed by atoms with E-state index < -0.39 is 0 Å². The average molecular weight is 105 g/mol. The molecule has 0 aromatic heterocycles. The highest BCUT2D eigenvalue weighted by Crippen LogP contribution is 2.06. The van der Waals surface area contributed by atoms with Crippen molar-refractivity contribution in [2.75, 3.05) is 0 Å². The lowest BCUT2D eigenvalue weighted by Gasteiger charge is -1.82. The van der Waals surface area contributed by atoms with Gasteiger partial charge in [-0.2, -0.15) is 5.11 Å². The first kappa shape index (κ1) is 4.97. The summed E-state index contributed by atoms with van der Waals surface area (Å²) < 4.78 is 0. The van der Waals surface area contributed by atoms with Crippen molar-refractivity contribution >= 4 is 5.69 Å². The predicted molar refractivity (Wildman–Crippen MR) is 30.1 cm³/mol. The maximum absolute atomic E-state index is 6.54. The summed E-state index contributed by atoms with van der Waals surface area (Å²) in [5, 5.41) is 3.16. The lowest BCUT2D eigenvalue weighted by molar-refractivity contribution is 1.15. The first-order valence-corrected chi connectivity index (χ1v) is 2.27. The molecule has 39 valence electrons. The molecule has 0 saturated heterocycles. The Kier molecular flexibility index (Phi) is 1.37. The van der Waals surface area contributed by atoms with Crippen molar-refractivity contribution in [3.8, 4) is 0 Å². The largest absolute Gasteiger partial charge is 0.204 e. The van der Waals surface area contributed by atoms with Gasteiger partial charge in [0, 0.05) is 6.07 Å². The first-order valence-electron chi connectivity index (χ1n) is 2.27.